The fourth-order valence-electron chi connectivity index (χ4n) is 4.56. The van der Waals surface area contributed by atoms with Gasteiger partial charge in [0.2, 0.25) is 0 Å². The van der Waals surface area contributed by atoms with Gasteiger partial charge in [-0.25, -0.2) is 0 Å². The van der Waals surface area contributed by atoms with E-state index in [2.05, 4.69) is 35.3 Å². The van der Waals surface area contributed by atoms with Crippen molar-refractivity contribution in [3.63, 3.8) is 0 Å². The summed E-state index contributed by atoms with van der Waals surface area (Å²) in [6.07, 6.45) is 6.55. The molecule has 0 spiro atoms. The smallest absolute Gasteiger partial charge is 0.113 e. The van der Waals surface area contributed by atoms with Crippen molar-refractivity contribution in [3.8, 4) is 0 Å². The summed E-state index contributed by atoms with van der Waals surface area (Å²) in [4.78, 5) is 2.62. The number of benzene rings is 2. The van der Waals surface area contributed by atoms with Crippen molar-refractivity contribution in [3.05, 3.63) is 80.5 Å². The van der Waals surface area contributed by atoms with Crippen molar-refractivity contribution < 1.29 is 0 Å². The maximum absolute atomic E-state index is 6.47. The predicted molar refractivity (Wildman–Crippen MR) is 130 cm³/mol. The molecule has 0 saturated heterocycles. The van der Waals surface area contributed by atoms with Crippen molar-refractivity contribution in [1.29, 1.82) is 0 Å². The molecule has 0 bridgehead atoms. The van der Waals surface area contributed by atoms with E-state index in [1.165, 1.54) is 28.8 Å². The Bertz CT molecular complexity index is 1010. The molecule has 30 heavy (non-hydrogen) atoms. The number of fused-ring (bicyclic) bond motifs is 1. The molecule has 2 aliphatic rings. The highest BCUT2D eigenvalue weighted by atomic mass is 35.5. The summed E-state index contributed by atoms with van der Waals surface area (Å²) < 4.78 is 0. The van der Waals surface area contributed by atoms with E-state index in [1.54, 1.807) is 6.07 Å². The Hall–Kier alpha value is -1.68. The van der Waals surface area contributed by atoms with Crippen molar-refractivity contribution in [2.75, 3.05) is 13.1 Å². The van der Waals surface area contributed by atoms with Crippen LogP contribution in [0.15, 0.2) is 53.7 Å². The lowest BCUT2D eigenvalue weighted by molar-refractivity contribution is 0.185. The molecule has 1 aliphatic heterocycles. The summed E-state index contributed by atoms with van der Waals surface area (Å²) in [6, 6.07) is 12.6. The molecule has 0 amide bonds. The summed E-state index contributed by atoms with van der Waals surface area (Å²) in [5, 5.41) is 5.19. The standard InChI is InChI=1S/C25H27BCl2N2/c1-3-24(22-9-6-19(26)14-23(22)28)29-25-15-30(11-10-16(25)2)21-8-5-17-4-7-20(27)12-18(17)13-21/h3-4,6-7,9,12,14,21,29H,5,8,10-11,13,15H2,1-2H3/b24-3-. The average molecular weight is 437 g/mol. The van der Waals surface area contributed by atoms with Crippen LogP contribution in [0.1, 0.15) is 43.4 Å². The van der Waals surface area contributed by atoms with Gasteiger partial charge in [-0.1, -0.05) is 58.5 Å². The summed E-state index contributed by atoms with van der Waals surface area (Å²) in [5.74, 6) is 0. The molecule has 2 aromatic rings. The van der Waals surface area contributed by atoms with Gasteiger partial charge >= 0.3 is 0 Å². The molecular formula is C25H27BCl2N2. The van der Waals surface area contributed by atoms with E-state index in [4.69, 9.17) is 31.0 Å². The molecule has 154 valence electrons. The first kappa shape index (κ1) is 21.6. The van der Waals surface area contributed by atoms with Gasteiger partial charge in [-0.15, -0.1) is 0 Å². The number of rotatable bonds is 4. The predicted octanol–water partition coefficient (Wildman–Crippen LogP) is 5.27. The maximum Gasteiger partial charge on any atom is 0.113 e. The fraction of sp³-hybridized carbons (Fsp3) is 0.360. The average Bonchev–Trinajstić information content (AvgIpc) is 2.73. The lowest BCUT2D eigenvalue weighted by Crippen LogP contribution is -2.45. The van der Waals surface area contributed by atoms with Gasteiger partial charge < -0.3 is 5.32 Å². The zero-order valence-corrected chi connectivity index (χ0v) is 19.2. The van der Waals surface area contributed by atoms with Gasteiger partial charge in [0.1, 0.15) is 7.85 Å². The number of nitrogens with one attached hydrogen (secondary N) is 1. The minimum atomic E-state index is 0.551. The van der Waals surface area contributed by atoms with E-state index in [0.717, 1.165) is 48.6 Å². The van der Waals surface area contributed by atoms with Crippen LogP contribution in [0.5, 0.6) is 0 Å². The molecule has 0 fully saturated rings. The normalized spacial score (nSPS) is 20.3. The number of hydrogen-bond donors (Lipinski definition) is 1. The van der Waals surface area contributed by atoms with Gasteiger partial charge in [-0.3, -0.25) is 4.90 Å². The molecule has 1 atom stereocenters. The van der Waals surface area contributed by atoms with Crippen molar-refractivity contribution in [1.82, 2.24) is 10.2 Å². The topological polar surface area (TPSA) is 15.3 Å². The van der Waals surface area contributed by atoms with Crippen LogP contribution in [0.4, 0.5) is 0 Å². The van der Waals surface area contributed by atoms with E-state index in [-0.39, 0.29) is 0 Å². The molecule has 0 saturated carbocycles. The minimum Gasteiger partial charge on any atom is -0.358 e. The molecule has 1 N–H and O–H groups in total. The molecule has 0 aromatic heterocycles. The van der Waals surface area contributed by atoms with Crippen LogP contribution in [-0.2, 0) is 12.8 Å². The molecule has 2 radical (unpaired) electrons. The second-order valence-corrected chi connectivity index (χ2v) is 9.20. The minimum absolute atomic E-state index is 0.551. The van der Waals surface area contributed by atoms with Crippen LogP contribution in [0, 0.1) is 0 Å². The first-order chi connectivity index (χ1) is 14.4. The highest BCUT2D eigenvalue weighted by Crippen LogP contribution is 2.30. The lowest BCUT2D eigenvalue weighted by Gasteiger charge is -2.39. The van der Waals surface area contributed by atoms with Gasteiger partial charge in [-0.2, -0.15) is 0 Å². The van der Waals surface area contributed by atoms with Gasteiger partial charge in [0.25, 0.3) is 0 Å². The zero-order chi connectivity index (χ0) is 21.3. The molecule has 1 heterocycles. The molecule has 2 aromatic carbocycles. The summed E-state index contributed by atoms with van der Waals surface area (Å²) in [5.41, 5.74) is 8.23. The Morgan fingerprint density at radius 3 is 2.73 bits per heavy atom. The van der Waals surface area contributed by atoms with Crippen molar-refractivity contribution in [2.45, 2.75) is 45.6 Å². The van der Waals surface area contributed by atoms with Crippen LogP contribution >= 0.6 is 23.2 Å². The number of hydrogen-bond acceptors (Lipinski definition) is 2. The summed E-state index contributed by atoms with van der Waals surface area (Å²) in [6.45, 7) is 6.29. The van der Waals surface area contributed by atoms with Gasteiger partial charge in [0.15, 0.2) is 0 Å². The van der Waals surface area contributed by atoms with Crippen molar-refractivity contribution in [2.24, 2.45) is 0 Å². The molecule has 2 nitrogen and oxygen atoms in total. The Labute approximate surface area is 191 Å². The maximum atomic E-state index is 6.47. The third-order valence-corrected chi connectivity index (χ3v) is 6.94. The third kappa shape index (κ3) is 4.64. The van der Waals surface area contributed by atoms with Crippen LogP contribution < -0.4 is 10.8 Å². The number of halogens is 2. The van der Waals surface area contributed by atoms with Gasteiger partial charge in [0, 0.05) is 46.1 Å². The van der Waals surface area contributed by atoms with Crippen LogP contribution in [-0.4, -0.2) is 31.9 Å². The zero-order valence-electron chi connectivity index (χ0n) is 17.6. The van der Waals surface area contributed by atoms with E-state index in [1.807, 2.05) is 25.1 Å². The summed E-state index contributed by atoms with van der Waals surface area (Å²) >= 11 is 12.7. The second-order valence-electron chi connectivity index (χ2n) is 8.36. The van der Waals surface area contributed by atoms with Gasteiger partial charge in [-0.05, 0) is 68.9 Å². The number of aryl methyl sites for hydroxylation is 1. The highest BCUT2D eigenvalue weighted by molar-refractivity contribution is 6.37. The fourth-order valence-corrected chi connectivity index (χ4v) is 5.05. The van der Waals surface area contributed by atoms with Crippen molar-refractivity contribution >= 4 is 42.2 Å². The Morgan fingerprint density at radius 1 is 1.13 bits per heavy atom. The first-order valence-corrected chi connectivity index (χ1v) is 11.4. The largest absolute Gasteiger partial charge is 0.358 e. The van der Waals surface area contributed by atoms with E-state index >= 15 is 0 Å². The van der Waals surface area contributed by atoms with Crippen LogP contribution in [0.3, 0.4) is 0 Å². The molecular weight excluding hydrogens is 410 g/mol. The monoisotopic (exact) mass is 436 g/mol. The second kappa shape index (κ2) is 9.22. The highest BCUT2D eigenvalue weighted by Gasteiger charge is 2.28. The Balaban J connectivity index is 1.50. The third-order valence-electron chi connectivity index (χ3n) is 6.40. The first-order valence-electron chi connectivity index (χ1n) is 10.6. The molecule has 1 unspecified atom stereocenters. The molecule has 5 heteroatoms. The van der Waals surface area contributed by atoms with Crippen LogP contribution in [0.25, 0.3) is 5.70 Å². The SMILES string of the molecule is [B]c1ccc(/C(=C/C)NC2=C(C)CCN(C3CCc4ccc(Cl)cc4C3)C2)c(Cl)c1. The van der Waals surface area contributed by atoms with E-state index in [0.29, 0.717) is 16.5 Å². The lowest BCUT2D eigenvalue weighted by atomic mass is 9.86. The quantitative estimate of drug-likeness (QED) is 0.656. The Morgan fingerprint density at radius 2 is 1.97 bits per heavy atom. The van der Waals surface area contributed by atoms with E-state index in [9.17, 15) is 0 Å². The molecule has 4 rings (SSSR count). The number of allylic oxidation sites excluding steroid dienone is 1. The van der Waals surface area contributed by atoms with Gasteiger partial charge in [0.05, 0.1) is 0 Å². The summed E-state index contributed by atoms with van der Waals surface area (Å²) in [7, 11) is 5.87. The van der Waals surface area contributed by atoms with E-state index < -0.39 is 0 Å². The number of nitrogens with zero attached hydrogens (tertiary/aromatic N) is 1. The molecule has 1 aliphatic carbocycles. The van der Waals surface area contributed by atoms with Crippen LogP contribution in [0.2, 0.25) is 10.0 Å². The Kier molecular flexibility index (Phi) is 6.62.